The van der Waals surface area contributed by atoms with Crippen molar-refractivity contribution in [2.45, 2.75) is 110 Å². The van der Waals surface area contributed by atoms with Crippen LogP contribution in [0.3, 0.4) is 0 Å². The van der Waals surface area contributed by atoms with E-state index in [1.54, 1.807) is 0 Å². The summed E-state index contributed by atoms with van der Waals surface area (Å²) in [5.41, 5.74) is 3.15. The number of rotatable bonds is 18. The molecule has 1 N–H and O–H groups in total. The van der Waals surface area contributed by atoms with Crippen LogP contribution in [0.5, 0.6) is 0 Å². The maximum Gasteiger partial charge on any atom is 0.0127 e. The topological polar surface area (TPSA) is 15.3 Å². The summed E-state index contributed by atoms with van der Waals surface area (Å²) in [6.07, 6.45) is 23.1. The van der Waals surface area contributed by atoms with E-state index >= 15 is 0 Å². The summed E-state index contributed by atoms with van der Waals surface area (Å²) in [5, 5.41) is 2.17. The Bertz CT molecular complexity index is 194. The van der Waals surface area contributed by atoms with Gasteiger partial charge in [-0.3, -0.25) is 5.43 Å². The lowest BCUT2D eigenvalue weighted by Crippen LogP contribution is -2.31. The molecule has 0 atom stereocenters. The summed E-state index contributed by atoms with van der Waals surface area (Å²) in [7, 11) is 4.11. The van der Waals surface area contributed by atoms with Crippen LogP contribution in [0.25, 0.3) is 0 Å². The quantitative estimate of drug-likeness (QED) is 0.235. The molecule has 0 heterocycles. The Balaban J connectivity index is 2.97. The first-order chi connectivity index (χ1) is 10.8. The molecule has 134 valence electrons. The van der Waals surface area contributed by atoms with Gasteiger partial charge >= 0.3 is 0 Å². The van der Waals surface area contributed by atoms with Crippen molar-refractivity contribution in [3.63, 3.8) is 0 Å². The van der Waals surface area contributed by atoms with Crippen LogP contribution in [0.1, 0.15) is 110 Å². The van der Waals surface area contributed by atoms with Crippen LogP contribution >= 0.6 is 0 Å². The maximum atomic E-state index is 3.15. The summed E-state index contributed by atoms with van der Waals surface area (Å²) < 4.78 is 0. The fourth-order valence-electron chi connectivity index (χ4n) is 3.01. The van der Waals surface area contributed by atoms with E-state index in [2.05, 4.69) is 24.4 Å². The van der Waals surface area contributed by atoms with Crippen molar-refractivity contribution < 1.29 is 0 Å². The normalized spacial score (nSPS) is 11.5. The van der Waals surface area contributed by atoms with Crippen LogP contribution in [0.4, 0.5) is 0 Å². The van der Waals surface area contributed by atoms with Crippen LogP contribution in [-0.4, -0.2) is 25.6 Å². The van der Waals surface area contributed by atoms with Gasteiger partial charge in [0.1, 0.15) is 0 Å². The molecule has 0 unspecified atom stereocenters. The molecular formula is C20H44N2. The van der Waals surface area contributed by atoms with Gasteiger partial charge < -0.3 is 0 Å². The highest BCUT2D eigenvalue weighted by Crippen LogP contribution is 2.13. The summed E-state index contributed by atoms with van der Waals surface area (Å²) in [4.78, 5) is 0. The lowest BCUT2D eigenvalue weighted by Gasteiger charge is -2.14. The number of unbranched alkanes of at least 4 members (excludes halogenated alkanes) is 15. The average Bonchev–Trinajstić information content (AvgIpc) is 2.54. The number of hydrogen-bond donors (Lipinski definition) is 1. The monoisotopic (exact) mass is 312 g/mol. The van der Waals surface area contributed by atoms with Crippen LogP contribution in [0.15, 0.2) is 0 Å². The van der Waals surface area contributed by atoms with Crippen molar-refractivity contribution in [2.24, 2.45) is 0 Å². The Kier molecular flexibility index (Phi) is 18.9. The van der Waals surface area contributed by atoms with Gasteiger partial charge in [-0.25, -0.2) is 5.01 Å². The molecule has 0 radical (unpaired) electrons. The third-order valence-corrected chi connectivity index (χ3v) is 4.73. The molecule has 0 aromatic carbocycles. The molecule has 0 spiro atoms. The molecule has 0 saturated carbocycles. The second-order valence-corrected chi connectivity index (χ2v) is 6.95. The van der Waals surface area contributed by atoms with Crippen LogP contribution in [-0.2, 0) is 0 Å². The van der Waals surface area contributed by atoms with E-state index in [-0.39, 0.29) is 0 Å². The standard InChI is InChI=1S/C20H44N2/c1-4-5-6-7-8-9-10-11-12-13-14-15-16-17-18-19-20-22(3)21-2/h21H,4-20H2,1-3H3. The van der Waals surface area contributed by atoms with E-state index in [9.17, 15) is 0 Å². The van der Waals surface area contributed by atoms with Gasteiger partial charge in [-0.15, -0.1) is 0 Å². The van der Waals surface area contributed by atoms with E-state index in [1.807, 2.05) is 7.05 Å². The lowest BCUT2D eigenvalue weighted by atomic mass is 10.0. The van der Waals surface area contributed by atoms with Crippen LogP contribution in [0, 0.1) is 0 Å². The lowest BCUT2D eigenvalue weighted by molar-refractivity contribution is 0.254. The number of nitrogens with zero attached hydrogens (tertiary/aromatic N) is 1. The molecular weight excluding hydrogens is 268 g/mol. The van der Waals surface area contributed by atoms with Gasteiger partial charge in [0, 0.05) is 13.6 Å². The third kappa shape index (κ3) is 18.0. The zero-order valence-electron chi connectivity index (χ0n) is 16.0. The first-order valence-corrected chi connectivity index (χ1v) is 10.2. The third-order valence-electron chi connectivity index (χ3n) is 4.73. The molecule has 0 fully saturated rings. The molecule has 22 heavy (non-hydrogen) atoms. The highest BCUT2D eigenvalue weighted by Gasteiger charge is 1.96. The SMILES string of the molecule is CCCCCCCCCCCCCCCCCCN(C)NC. The summed E-state index contributed by atoms with van der Waals surface area (Å²) in [6, 6.07) is 0. The van der Waals surface area contributed by atoms with Crippen molar-refractivity contribution in [3.8, 4) is 0 Å². The molecule has 0 aromatic rings. The molecule has 0 amide bonds. The minimum absolute atomic E-state index is 1.18. The number of hydrogen-bond acceptors (Lipinski definition) is 2. The molecule has 0 aliphatic carbocycles. The largest absolute Gasteiger partial charge is 0.259 e. The Morgan fingerprint density at radius 1 is 0.545 bits per heavy atom. The molecule has 0 aliphatic rings. The smallest absolute Gasteiger partial charge is 0.0127 e. The van der Waals surface area contributed by atoms with Crippen molar-refractivity contribution >= 4 is 0 Å². The summed E-state index contributed by atoms with van der Waals surface area (Å²) in [5.74, 6) is 0. The second kappa shape index (κ2) is 19.0. The maximum absolute atomic E-state index is 3.15. The number of hydrazine groups is 1. The van der Waals surface area contributed by atoms with Gasteiger partial charge in [-0.1, -0.05) is 103 Å². The molecule has 0 bridgehead atoms. The van der Waals surface area contributed by atoms with E-state index in [0.717, 1.165) is 0 Å². The molecule has 0 aromatic heterocycles. The highest BCUT2D eigenvalue weighted by molar-refractivity contribution is 4.50. The molecule has 0 saturated heterocycles. The Hall–Kier alpha value is -0.0800. The molecule has 2 nitrogen and oxygen atoms in total. The van der Waals surface area contributed by atoms with Crippen molar-refractivity contribution in [1.82, 2.24) is 10.4 Å². The van der Waals surface area contributed by atoms with E-state index in [1.165, 1.54) is 109 Å². The Labute approximate surface area is 141 Å². The predicted octanol–water partition coefficient (Wildman–Crippen LogP) is 6.31. The van der Waals surface area contributed by atoms with Gasteiger partial charge in [0.2, 0.25) is 0 Å². The van der Waals surface area contributed by atoms with Crippen molar-refractivity contribution in [3.05, 3.63) is 0 Å². The molecule has 0 rings (SSSR count). The average molecular weight is 313 g/mol. The number of nitrogens with one attached hydrogen (secondary N) is 1. The summed E-state index contributed by atoms with van der Waals surface area (Å²) in [6.45, 7) is 3.47. The molecule has 2 heteroatoms. The zero-order valence-corrected chi connectivity index (χ0v) is 16.0. The van der Waals surface area contributed by atoms with E-state index < -0.39 is 0 Å². The van der Waals surface area contributed by atoms with E-state index in [4.69, 9.17) is 0 Å². The van der Waals surface area contributed by atoms with Gasteiger partial charge in [-0.2, -0.15) is 0 Å². The predicted molar refractivity (Wildman–Crippen MR) is 101 cm³/mol. The fraction of sp³-hybridized carbons (Fsp3) is 1.00. The van der Waals surface area contributed by atoms with Crippen molar-refractivity contribution in [1.29, 1.82) is 0 Å². The molecule has 0 aliphatic heterocycles. The van der Waals surface area contributed by atoms with Gasteiger partial charge in [0.25, 0.3) is 0 Å². The summed E-state index contributed by atoms with van der Waals surface area (Å²) >= 11 is 0. The first kappa shape index (κ1) is 21.9. The van der Waals surface area contributed by atoms with Crippen LogP contribution in [0.2, 0.25) is 0 Å². The second-order valence-electron chi connectivity index (χ2n) is 6.95. The highest BCUT2D eigenvalue weighted by atomic mass is 15.5. The minimum atomic E-state index is 1.18. The zero-order chi connectivity index (χ0) is 16.3. The minimum Gasteiger partial charge on any atom is -0.259 e. The van der Waals surface area contributed by atoms with Gasteiger partial charge in [0.15, 0.2) is 0 Å². The fourth-order valence-corrected chi connectivity index (χ4v) is 3.01. The van der Waals surface area contributed by atoms with Crippen molar-refractivity contribution in [2.75, 3.05) is 20.6 Å². The Morgan fingerprint density at radius 3 is 1.18 bits per heavy atom. The Morgan fingerprint density at radius 2 is 0.864 bits per heavy atom. The van der Waals surface area contributed by atoms with Gasteiger partial charge in [-0.05, 0) is 13.5 Å². The first-order valence-electron chi connectivity index (χ1n) is 10.2. The van der Waals surface area contributed by atoms with E-state index in [0.29, 0.717) is 0 Å². The van der Waals surface area contributed by atoms with Gasteiger partial charge in [0.05, 0.1) is 0 Å². The van der Waals surface area contributed by atoms with Crippen LogP contribution < -0.4 is 5.43 Å².